The van der Waals surface area contributed by atoms with Crippen molar-refractivity contribution in [2.45, 2.75) is 20.3 Å². The topological polar surface area (TPSA) is 89.8 Å². The van der Waals surface area contributed by atoms with Gasteiger partial charge in [0.05, 0.1) is 10.5 Å². The van der Waals surface area contributed by atoms with Crippen LogP contribution in [0.2, 0.25) is 0 Å². The summed E-state index contributed by atoms with van der Waals surface area (Å²) in [5.74, 6) is -0.263. The molecular weight excluding hydrogens is 444 g/mol. The van der Waals surface area contributed by atoms with Crippen molar-refractivity contribution in [1.29, 1.82) is 0 Å². The van der Waals surface area contributed by atoms with Gasteiger partial charge in [-0.25, -0.2) is 4.79 Å². The van der Waals surface area contributed by atoms with Gasteiger partial charge in [-0.05, 0) is 41.5 Å². The van der Waals surface area contributed by atoms with Crippen molar-refractivity contribution >= 4 is 23.1 Å². The predicted molar refractivity (Wildman–Crippen MR) is 135 cm³/mol. The number of esters is 1. The zero-order chi connectivity index (χ0) is 24.9. The molecular formula is C28H28N2O5. The van der Waals surface area contributed by atoms with Crippen LogP contribution in [0.3, 0.4) is 0 Å². The third kappa shape index (κ3) is 5.74. The Kier molecular flexibility index (Phi) is 7.25. The molecule has 2 atom stereocenters. The fraction of sp³-hybridized carbons (Fsp3) is 0.286. The summed E-state index contributed by atoms with van der Waals surface area (Å²) in [6, 6.07) is 21.2. The SMILES string of the molecule is CC1CC(C)CN(c2ccc(C(=O)OCC(=O)c3ccc(-c4ccccc4)cc3)cc2[N+](=O)[O-])C1. The number of anilines is 1. The van der Waals surface area contributed by atoms with Crippen molar-refractivity contribution in [2.75, 3.05) is 24.6 Å². The first-order valence-corrected chi connectivity index (χ1v) is 11.7. The average Bonchev–Trinajstić information content (AvgIpc) is 2.86. The fourth-order valence-electron chi connectivity index (χ4n) is 4.70. The van der Waals surface area contributed by atoms with Gasteiger partial charge in [0, 0.05) is 24.7 Å². The minimum absolute atomic E-state index is 0.0470. The zero-order valence-electron chi connectivity index (χ0n) is 19.8. The third-order valence-corrected chi connectivity index (χ3v) is 6.27. The first-order chi connectivity index (χ1) is 16.8. The predicted octanol–water partition coefficient (Wildman–Crippen LogP) is 5.78. The molecule has 3 aromatic rings. The van der Waals surface area contributed by atoms with Crippen LogP contribution < -0.4 is 4.90 Å². The Morgan fingerprint density at radius 3 is 2.14 bits per heavy atom. The summed E-state index contributed by atoms with van der Waals surface area (Å²) in [6.07, 6.45) is 1.08. The van der Waals surface area contributed by atoms with Crippen molar-refractivity contribution in [3.63, 3.8) is 0 Å². The Bertz CT molecular complexity index is 1210. The van der Waals surface area contributed by atoms with Gasteiger partial charge in [-0.2, -0.15) is 0 Å². The number of nitro benzene ring substituents is 1. The highest BCUT2D eigenvalue weighted by Crippen LogP contribution is 2.34. The third-order valence-electron chi connectivity index (χ3n) is 6.27. The molecule has 0 aromatic heterocycles. The monoisotopic (exact) mass is 472 g/mol. The smallest absolute Gasteiger partial charge is 0.338 e. The highest BCUT2D eigenvalue weighted by atomic mass is 16.6. The molecule has 35 heavy (non-hydrogen) atoms. The number of hydrogen-bond acceptors (Lipinski definition) is 6. The summed E-state index contributed by atoms with van der Waals surface area (Å²) in [5, 5.41) is 11.8. The maximum absolute atomic E-state index is 12.6. The molecule has 0 saturated carbocycles. The molecule has 7 heteroatoms. The molecule has 180 valence electrons. The van der Waals surface area contributed by atoms with E-state index in [0.717, 1.165) is 30.6 Å². The van der Waals surface area contributed by atoms with E-state index in [1.54, 1.807) is 18.2 Å². The van der Waals surface area contributed by atoms with Crippen molar-refractivity contribution in [1.82, 2.24) is 0 Å². The first-order valence-electron chi connectivity index (χ1n) is 11.7. The summed E-state index contributed by atoms with van der Waals surface area (Å²) in [7, 11) is 0. The number of hydrogen-bond donors (Lipinski definition) is 0. The molecule has 0 N–H and O–H groups in total. The van der Waals surface area contributed by atoms with E-state index in [2.05, 4.69) is 13.8 Å². The summed E-state index contributed by atoms with van der Waals surface area (Å²) in [5.41, 5.74) is 2.85. The Morgan fingerprint density at radius 1 is 0.914 bits per heavy atom. The molecule has 3 aromatic carbocycles. The van der Waals surface area contributed by atoms with Gasteiger partial charge < -0.3 is 9.64 Å². The van der Waals surface area contributed by atoms with E-state index in [0.29, 0.717) is 23.1 Å². The molecule has 1 fully saturated rings. The minimum atomic E-state index is -0.769. The van der Waals surface area contributed by atoms with Gasteiger partial charge in [-0.3, -0.25) is 14.9 Å². The summed E-state index contributed by atoms with van der Waals surface area (Å²) >= 11 is 0. The van der Waals surface area contributed by atoms with Crippen LogP contribution in [0.5, 0.6) is 0 Å². The second kappa shape index (κ2) is 10.5. The Labute approximate surface area is 204 Å². The first kappa shape index (κ1) is 24.1. The fourth-order valence-corrected chi connectivity index (χ4v) is 4.70. The molecule has 1 aliphatic rings. The van der Waals surface area contributed by atoms with Crippen molar-refractivity contribution in [3.05, 3.63) is 94.0 Å². The average molecular weight is 473 g/mol. The van der Waals surface area contributed by atoms with E-state index < -0.39 is 17.5 Å². The molecule has 0 aliphatic carbocycles. The molecule has 0 spiro atoms. The largest absolute Gasteiger partial charge is 0.454 e. The maximum atomic E-state index is 12.6. The van der Waals surface area contributed by atoms with Gasteiger partial charge in [0.2, 0.25) is 0 Å². The van der Waals surface area contributed by atoms with Gasteiger partial charge >= 0.3 is 5.97 Å². The van der Waals surface area contributed by atoms with Gasteiger partial charge in [0.1, 0.15) is 5.69 Å². The minimum Gasteiger partial charge on any atom is -0.454 e. The Morgan fingerprint density at radius 2 is 1.51 bits per heavy atom. The number of piperidine rings is 1. The Hall–Kier alpha value is -4.00. The molecule has 0 radical (unpaired) electrons. The standard InChI is InChI=1S/C28H28N2O5/c1-19-14-20(2)17-29(16-19)25-13-12-24(15-26(25)30(33)34)28(32)35-18-27(31)23-10-8-22(9-11-23)21-6-4-3-5-7-21/h3-13,15,19-20H,14,16-18H2,1-2H3. The number of carbonyl (C=O) groups excluding carboxylic acids is 2. The van der Waals surface area contributed by atoms with Gasteiger partial charge in [0.15, 0.2) is 12.4 Å². The molecule has 1 heterocycles. The summed E-state index contributed by atoms with van der Waals surface area (Å²) in [4.78, 5) is 38.4. The number of rotatable bonds is 7. The lowest BCUT2D eigenvalue weighted by atomic mass is 9.91. The molecule has 4 rings (SSSR count). The summed E-state index contributed by atoms with van der Waals surface area (Å²) in [6.45, 7) is 5.28. The van der Waals surface area contributed by atoms with E-state index in [1.165, 1.54) is 12.1 Å². The van der Waals surface area contributed by atoms with Crippen LogP contribution in [-0.2, 0) is 4.74 Å². The molecule has 2 unspecified atom stereocenters. The van der Waals surface area contributed by atoms with Gasteiger partial charge in [0.25, 0.3) is 5.69 Å². The van der Waals surface area contributed by atoms with Crippen molar-refractivity contribution < 1.29 is 19.2 Å². The van der Waals surface area contributed by atoms with E-state index in [1.807, 2.05) is 47.4 Å². The van der Waals surface area contributed by atoms with Crippen LogP contribution in [0, 0.1) is 22.0 Å². The maximum Gasteiger partial charge on any atom is 0.338 e. The van der Waals surface area contributed by atoms with E-state index >= 15 is 0 Å². The van der Waals surface area contributed by atoms with Crippen LogP contribution >= 0.6 is 0 Å². The lowest BCUT2D eigenvalue weighted by Gasteiger charge is -2.36. The second-order valence-electron chi connectivity index (χ2n) is 9.25. The van der Waals surface area contributed by atoms with Gasteiger partial charge in [-0.15, -0.1) is 0 Å². The lowest BCUT2D eigenvalue weighted by molar-refractivity contribution is -0.384. The Balaban J connectivity index is 1.42. The van der Waals surface area contributed by atoms with Crippen LogP contribution in [0.15, 0.2) is 72.8 Å². The van der Waals surface area contributed by atoms with E-state index in [4.69, 9.17) is 4.74 Å². The quantitative estimate of drug-likeness (QED) is 0.187. The molecule has 0 amide bonds. The number of benzene rings is 3. The van der Waals surface area contributed by atoms with Crippen LogP contribution in [0.1, 0.15) is 41.0 Å². The number of carbonyl (C=O) groups is 2. The van der Waals surface area contributed by atoms with Crippen LogP contribution in [-0.4, -0.2) is 36.4 Å². The van der Waals surface area contributed by atoms with Crippen LogP contribution in [0.4, 0.5) is 11.4 Å². The zero-order valence-corrected chi connectivity index (χ0v) is 19.8. The lowest BCUT2D eigenvalue weighted by Crippen LogP contribution is -2.39. The molecule has 1 saturated heterocycles. The molecule has 1 aliphatic heterocycles. The van der Waals surface area contributed by atoms with Crippen molar-refractivity contribution in [2.24, 2.45) is 11.8 Å². The van der Waals surface area contributed by atoms with Crippen molar-refractivity contribution in [3.8, 4) is 11.1 Å². The number of ether oxygens (including phenoxy) is 1. The highest BCUT2D eigenvalue weighted by molar-refractivity contribution is 6.00. The highest BCUT2D eigenvalue weighted by Gasteiger charge is 2.28. The molecule has 7 nitrogen and oxygen atoms in total. The van der Waals surface area contributed by atoms with E-state index in [9.17, 15) is 19.7 Å². The number of Topliss-reactive ketones (excluding diaryl/α,β-unsaturated/α-hetero) is 1. The van der Waals surface area contributed by atoms with Crippen LogP contribution in [0.25, 0.3) is 11.1 Å². The second-order valence-corrected chi connectivity index (χ2v) is 9.25. The number of nitrogens with zero attached hydrogens (tertiary/aromatic N) is 2. The number of nitro groups is 1. The number of ketones is 1. The molecule has 0 bridgehead atoms. The summed E-state index contributed by atoms with van der Waals surface area (Å²) < 4.78 is 5.19. The normalized spacial score (nSPS) is 17.6. The van der Waals surface area contributed by atoms with Gasteiger partial charge in [-0.1, -0.05) is 68.4 Å². The van der Waals surface area contributed by atoms with E-state index in [-0.39, 0.29) is 17.0 Å².